The smallest absolute Gasteiger partial charge is 0.0326 e. The maximum absolute atomic E-state index is 4.02. The summed E-state index contributed by atoms with van der Waals surface area (Å²) < 4.78 is 0. The summed E-state index contributed by atoms with van der Waals surface area (Å²) in [4.78, 5) is 0. The van der Waals surface area contributed by atoms with E-state index in [-0.39, 0.29) is 0 Å². The van der Waals surface area contributed by atoms with Crippen molar-refractivity contribution >= 4 is 0 Å². The molecule has 0 aliphatic rings. The van der Waals surface area contributed by atoms with Crippen molar-refractivity contribution in [3.8, 4) is 0 Å². The molecular weight excluding hydrogens is 396 g/mol. The Morgan fingerprint density at radius 3 is 1.33 bits per heavy atom. The fourth-order valence-electron chi connectivity index (χ4n) is 5.49. The van der Waals surface area contributed by atoms with E-state index in [2.05, 4.69) is 41.2 Å². The minimum atomic E-state index is 0.910. The van der Waals surface area contributed by atoms with Crippen molar-refractivity contribution in [1.29, 1.82) is 0 Å². The van der Waals surface area contributed by atoms with E-state index >= 15 is 0 Å². The lowest BCUT2D eigenvalue weighted by Gasteiger charge is -2.18. The lowest BCUT2D eigenvalue weighted by Crippen LogP contribution is -2.04. The quantitative estimate of drug-likeness (QED) is 0.0885. The zero-order valence-corrected chi connectivity index (χ0v) is 24.2. The second-order valence-corrected chi connectivity index (χ2v) is 12.1. The predicted octanol–water partition coefficient (Wildman–Crippen LogP) is 12.5. The first-order valence-electron chi connectivity index (χ1n) is 15.6. The zero-order chi connectivity index (χ0) is 24.6. The van der Waals surface area contributed by atoms with E-state index in [0.717, 1.165) is 17.8 Å². The number of allylic oxidation sites excluding steroid dienone is 1. The molecule has 0 spiro atoms. The van der Waals surface area contributed by atoms with Gasteiger partial charge in [0.1, 0.15) is 0 Å². The third-order valence-electron chi connectivity index (χ3n) is 7.80. The van der Waals surface area contributed by atoms with Crippen molar-refractivity contribution in [3.63, 3.8) is 0 Å². The number of rotatable bonds is 26. The Balaban J connectivity index is 3.40. The summed E-state index contributed by atoms with van der Waals surface area (Å²) in [5.41, 5.74) is 1.35. The van der Waals surface area contributed by atoms with Gasteiger partial charge < -0.3 is 0 Å². The van der Waals surface area contributed by atoms with Gasteiger partial charge in [-0.15, -0.1) is 6.58 Å². The van der Waals surface area contributed by atoms with Gasteiger partial charge in [0, 0.05) is 0 Å². The molecule has 3 unspecified atom stereocenters. The van der Waals surface area contributed by atoms with Gasteiger partial charge in [-0.3, -0.25) is 0 Å². The third-order valence-corrected chi connectivity index (χ3v) is 7.80. The first-order valence-corrected chi connectivity index (χ1v) is 15.6. The van der Waals surface area contributed by atoms with Crippen LogP contribution in [-0.4, -0.2) is 0 Å². The van der Waals surface area contributed by atoms with Gasteiger partial charge in [-0.2, -0.15) is 0 Å². The summed E-state index contributed by atoms with van der Waals surface area (Å²) in [6.07, 6.45) is 33.1. The van der Waals surface area contributed by atoms with Crippen LogP contribution in [0.25, 0.3) is 0 Å². The van der Waals surface area contributed by atoms with Gasteiger partial charge in [0.15, 0.2) is 0 Å². The molecule has 0 saturated carbocycles. The van der Waals surface area contributed by atoms with E-state index in [1.54, 1.807) is 0 Å². The third kappa shape index (κ3) is 26.2. The molecule has 0 rings (SSSR count). The molecule has 0 aromatic heterocycles. The maximum atomic E-state index is 4.02. The van der Waals surface area contributed by atoms with Crippen LogP contribution in [0.2, 0.25) is 0 Å². The average molecular weight is 463 g/mol. The van der Waals surface area contributed by atoms with Gasteiger partial charge in [-0.25, -0.2) is 0 Å². The van der Waals surface area contributed by atoms with Crippen molar-refractivity contribution in [2.75, 3.05) is 0 Å². The van der Waals surface area contributed by atoms with Gasteiger partial charge >= 0.3 is 0 Å². The summed E-state index contributed by atoms with van der Waals surface area (Å²) in [5, 5.41) is 0. The van der Waals surface area contributed by atoms with E-state index in [4.69, 9.17) is 0 Å². The van der Waals surface area contributed by atoms with Gasteiger partial charge in [0.05, 0.1) is 0 Å². The van der Waals surface area contributed by atoms with Gasteiger partial charge in [-0.05, 0) is 43.9 Å². The molecule has 0 heterocycles. The van der Waals surface area contributed by atoms with Crippen LogP contribution in [0, 0.1) is 17.8 Å². The summed E-state index contributed by atoms with van der Waals surface area (Å²) >= 11 is 0. The lowest BCUT2D eigenvalue weighted by molar-refractivity contribution is 0.344. The fraction of sp³-hybridized carbons (Fsp3) is 0.939. The normalized spacial score (nSPS) is 14.3. The SMILES string of the molecule is C=C(C)CCCCCC(C)CC(C)CCCC(C)CCCCCCCCCCCCCCC. The first kappa shape index (κ1) is 32.7. The summed E-state index contributed by atoms with van der Waals surface area (Å²) in [7, 11) is 0. The van der Waals surface area contributed by atoms with Crippen LogP contribution in [0.15, 0.2) is 12.2 Å². The minimum Gasteiger partial charge on any atom is -0.100 e. The van der Waals surface area contributed by atoms with E-state index < -0.39 is 0 Å². The Kier molecular flexibility index (Phi) is 24.7. The first-order chi connectivity index (χ1) is 16.0. The molecular formula is C33H66. The van der Waals surface area contributed by atoms with Crippen molar-refractivity contribution in [2.24, 2.45) is 17.8 Å². The fourth-order valence-corrected chi connectivity index (χ4v) is 5.49. The van der Waals surface area contributed by atoms with Crippen LogP contribution < -0.4 is 0 Å². The van der Waals surface area contributed by atoms with Crippen molar-refractivity contribution in [2.45, 2.75) is 182 Å². The van der Waals surface area contributed by atoms with E-state index in [1.807, 2.05) is 0 Å². The average Bonchev–Trinajstić information content (AvgIpc) is 2.76. The molecule has 0 aromatic rings. The molecule has 3 atom stereocenters. The molecule has 0 aliphatic carbocycles. The maximum Gasteiger partial charge on any atom is -0.0326 e. The monoisotopic (exact) mass is 463 g/mol. The number of hydrogen-bond donors (Lipinski definition) is 0. The van der Waals surface area contributed by atoms with Crippen LogP contribution in [0.3, 0.4) is 0 Å². The Hall–Kier alpha value is -0.260. The highest BCUT2D eigenvalue weighted by Gasteiger charge is 2.10. The molecule has 33 heavy (non-hydrogen) atoms. The van der Waals surface area contributed by atoms with E-state index in [1.165, 1.54) is 153 Å². The van der Waals surface area contributed by atoms with Crippen LogP contribution in [0.1, 0.15) is 182 Å². The van der Waals surface area contributed by atoms with Gasteiger partial charge in [-0.1, -0.05) is 162 Å². The summed E-state index contributed by atoms with van der Waals surface area (Å²) in [5.74, 6) is 2.77. The van der Waals surface area contributed by atoms with Crippen molar-refractivity contribution in [1.82, 2.24) is 0 Å². The predicted molar refractivity (Wildman–Crippen MR) is 154 cm³/mol. The molecule has 0 amide bonds. The van der Waals surface area contributed by atoms with Crippen molar-refractivity contribution in [3.05, 3.63) is 12.2 Å². The number of hydrogen-bond acceptors (Lipinski definition) is 0. The highest BCUT2D eigenvalue weighted by Crippen LogP contribution is 2.24. The molecule has 0 aliphatic heterocycles. The topological polar surface area (TPSA) is 0 Å². The molecule has 0 heteroatoms. The Bertz CT molecular complexity index is 395. The second kappa shape index (κ2) is 24.9. The molecule has 0 nitrogen and oxygen atoms in total. The van der Waals surface area contributed by atoms with Crippen LogP contribution in [-0.2, 0) is 0 Å². The Labute approximate surface area is 212 Å². The van der Waals surface area contributed by atoms with Crippen molar-refractivity contribution < 1.29 is 0 Å². The largest absolute Gasteiger partial charge is 0.100 e. The minimum absolute atomic E-state index is 0.910. The standard InChI is InChI=1S/C33H66/c1-7-8-9-10-11-12-13-14-15-16-17-18-21-25-31(4)27-23-28-33(6)29-32(5)26-22-19-20-24-30(2)3/h31-33H,2,7-29H2,1,3-6H3. The number of unbranched alkanes of at least 4 members (excludes halogenated alkanes) is 14. The lowest BCUT2D eigenvalue weighted by atomic mass is 9.88. The van der Waals surface area contributed by atoms with E-state index in [0.29, 0.717) is 0 Å². The van der Waals surface area contributed by atoms with Gasteiger partial charge in [0.25, 0.3) is 0 Å². The molecule has 0 saturated heterocycles. The van der Waals surface area contributed by atoms with E-state index in [9.17, 15) is 0 Å². The highest BCUT2D eigenvalue weighted by molar-refractivity contribution is 4.87. The van der Waals surface area contributed by atoms with Crippen LogP contribution in [0.5, 0.6) is 0 Å². The molecule has 198 valence electrons. The summed E-state index contributed by atoms with van der Waals surface area (Å²) in [6.45, 7) is 16.0. The Morgan fingerprint density at radius 1 is 0.485 bits per heavy atom. The summed E-state index contributed by atoms with van der Waals surface area (Å²) in [6, 6.07) is 0. The zero-order valence-electron chi connectivity index (χ0n) is 24.2. The Morgan fingerprint density at radius 2 is 0.848 bits per heavy atom. The molecule has 0 bridgehead atoms. The second-order valence-electron chi connectivity index (χ2n) is 12.1. The van der Waals surface area contributed by atoms with Crippen LogP contribution in [0.4, 0.5) is 0 Å². The highest BCUT2D eigenvalue weighted by atomic mass is 14.2. The molecule has 0 aromatic carbocycles. The molecule has 0 radical (unpaired) electrons. The molecule has 0 N–H and O–H groups in total. The molecule has 0 fully saturated rings. The van der Waals surface area contributed by atoms with Crippen LogP contribution >= 0.6 is 0 Å². The van der Waals surface area contributed by atoms with Gasteiger partial charge in [0.2, 0.25) is 0 Å².